The minimum Gasteiger partial charge on any atom is -0.395 e. The van der Waals surface area contributed by atoms with E-state index in [-0.39, 0.29) is 18.1 Å². The number of aliphatic hydroxyl groups is 2. The van der Waals surface area contributed by atoms with E-state index in [9.17, 15) is 5.11 Å². The Morgan fingerprint density at radius 1 is 1.12 bits per heavy atom. The molecule has 2 aliphatic carbocycles. The third kappa shape index (κ3) is 3.65. The minimum atomic E-state index is -0.409. The summed E-state index contributed by atoms with van der Waals surface area (Å²) in [7, 11) is 0. The lowest BCUT2D eigenvalue weighted by Crippen LogP contribution is -2.50. The van der Waals surface area contributed by atoms with Crippen LogP contribution in [0.15, 0.2) is 0 Å². The Morgan fingerprint density at radius 2 is 1.79 bits per heavy atom. The Morgan fingerprint density at radius 3 is 2.38 bits per heavy atom. The minimum absolute atomic E-state index is 0.230. The molecule has 0 spiro atoms. The lowest BCUT2D eigenvalue weighted by molar-refractivity contribution is -0.114. The van der Waals surface area contributed by atoms with Gasteiger partial charge in [0.2, 0.25) is 0 Å². The van der Waals surface area contributed by atoms with Crippen molar-refractivity contribution in [2.75, 3.05) is 52.5 Å². The zero-order valence-electron chi connectivity index (χ0n) is 15.7. The van der Waals surface area contributed by atoms with Crippen LogP contribution in [0.5, 0.6) is 0 Å². The van der Waals surface area contributed by atoms with Gasteiger partial charge in [0.1, 0.15) is 0 Å². The average molecular weight is 341 g/mol. The molecule has 5 nitrogen and oxygen atoms in total. The molecule has 3 rings (SSSR count). The molecular formula is C19H36N2O3. The van der Waals surface area contributed by atoms with Crippen molar-refractivity contribution in [2.24, 2.45) is 16.7 Å². The van der Waals surface area contributed by atoms with Gasteiger partial charge in [0.05, 0.1) is 25.4 Å². The van der Waals surface area contributed by atoms with Crippen LogP contribution in [-0.4, -0.2) is 84.7 Å². The van der Waals surface area contributed by atoms with Crippen molar-refractivity contribution in [3.05, 3.63) is 0 Å². The predicted molar refractivity (Wildman–Crippen MR) is 94.9 cm³/mol. The fourth-order valence-electron chi connectivity index (χ4n) is 5.57. The summed E-state index contributed by atoms with van der Waals surface area (Å²) < 4.78 is 6.30. The van der Waals surface area contributed by atoms with Crippen LogP contribution in [0.25, 0.3) is 0 Å². The van der Waals surface area contributed by atoms with Crippen LogP contribution in [0.4, 0.5) is 0 Å². The highest BCUT2D eigenvalue weighted by atomic mass is 16.5. The second-order valence-corrected chi connectivity index (χ2v) is 9.15. The van der Waals surface area contributed by atoms with Crippen LogP contribution in [0.1, 0.15) is 40.0 Å². The number of ether oxygens (including phenoxy) is 1. The predicted octanol–water partition coefficient (Wildman–Crippen LogP) is 1.19. The third-order valence-electron chi connectivity index (χ3n) is 6.94. The molecule has 3 aliphatic rings. The number of rotatable bonds is 7. The van der Waals surface area contributed by atoms with Crippen molar-refractivity contribution in [3.8, 4) is 0 Å². The first-order valence-corrected chi connectivity index (χ1v) is 9.70. The van der Waals surface area contributed by atoms with Gasteiger partial charge in [0.15, 0.2) is 0 Å². The van der Waals surface area contributed by atoms with Gasteiger partial charge in [-0.15, -0.1) is 0 Å². The fraction of sp³-hybridized carbons (Fsp3) is 1.00. The smallest absolute Gasteiger partial charge is 0.0900 e. The number of hydrogen-bond donors (Lipinski definition) is 2. The lowest BCUT2D eigenvalue weighted by Gasteiger charge is -2.43. The molecule has 24 heavy (non-hydrogen) atoms. The van der Waals surface area contributed by atoms with Crippen LogP contribution in [0.2, 0.25) is 0 Å². The zero-order chi connectivity index (χ0) is 17.4. The summed E-state index contributed by atoms with van der Waals surface area (Å²) >= 11 is 0. The Labute approximate surface area is 147 Å². The van der Waals surface area contributed by atoms with E-state index in [1.807, 2.05) is 0 Å². The number of nitrogens with zero attached hydrogens (tertiary/aromatic N) is 2. The van der Waals surface area contributed by atoms with E-state index in [1.54, 1.807) is 0 Å². The first-order valence-electron chi connectivity index (χ1n) is 9.70. The van der Waals surface area contributed by atoms with E-state index in [4.69, 9.17) is 9.84 Å². The molecule has 5 heteroatoms. The molecule has 2 bridgehead atoms. The van der Waals surface area contributed by atoms with Crippen LogP contribution < -0.4 is 0 Å². The number of hydrogen-bond acceptors (Lipinski definition) is 5. The second-order valence-electron chi connectivity index (χ2n) is 9.15. The molecule has 1 saturated heterocycles. The topological polar surface area (TPSA) is 56.2 Å². The maximum atomic E-state index is 10.4. The van der Waals surface area contributed by atoms with Crippen LogP contribution >= 0.6 is 0 Å². The molecule has 0 aromatic rings. The van der Waals surface area contributed by atoms with Gasteiger partial charge in [-0.1, -0.05) is 20.8 Å². The normalized spacial score (nSPS) is 37.9. The van der Waals surface area contributed by atoms with Gasteiger partial charge >= 0.3 is 0 Å². The van der Waals surface area contributed by atoms with E-state index in [2.05, 4.69) is 30.6 Å². The quantitative estimate of drug-likeness (QED) is 0.729. The molecule has 2 saturated carbocycles. The molecular weight excluding hydrogens is 304 g/mol. The summed E-state index contributed by atoms with van der Waals surface area (Å²) in [6.45, 7) is 13.1. The number of fused-ring (bicyclic) bond motifs is 2. The SMILES string of the molecule is CC1(C)[C@H]2CC[C@@](C)(C2)[C@@H]1OC[C@H](O)CN1CCN(CCO)CC1. The molecule has 0 amide bonds. The van der Waals surface area contributed by atoms with E-state index < -0.39 is 6.10 Å². The monoisotopic (exact) mass is 340 g/mol. The first kappa shape index (κ1) is 18.6. The third-order valence-corrected chi connectivity index (χ3v) is 6.94. The van der Waals surface area contributed by atoms with E-state index in [1.165, 1.54) is 19.3 Å². The van der Waals surface area contributed by atoms with Gasteiger partial charge in [0.25, 0.3) is 0 Å². The molecule has 0 aromatic heterocycles. The molecule has 1 aliphatic heterocycles. The van der Waals surface area contributed by atoms with Gasteiger partial charge in [0, 0.05) is 39.3 Å². The molecule has 140 valence electrons. The summed E-state index contributed by atoms with van der Waals surface area (Å²) in [6.07, 6.45) is 3.76. The maximum Gasteiger partial charge on any atom is 0.0900 e. The Bertz CT molecular complexity index is 418. The van der Waals surface area contributed by atoms with Crippen molar-refractivity contribution >= 4 is 0 Å². The molecule has 0 aromatic carbocycles. The van der Waals surface area contributed by atoms with Gasteiger partial charge in [-0.05, 0) is 36.0 Å². The van der Waals surface area contributed by atoms with Crippen molar-refractivity contribution < 1.29 is 14.9 Å². The van der Waals surface area contributed by atoms with E-state index in [0.29, 0.717) is 18.6 Å². The lowest BCUT2D eigenvalue weighted by atomic mass is 9.70. The molecule has 0 unspecified atom stereocenters. The van der Waals surface area contributed by atoms with Gasteiger partial charge in [-0.2, -0.15) is 0 Å². The summed E-state index contributed by atoms with van der Waals surface area (Å²) in [4.78, 5) is 4.59. The van der Waals surface area contributed by atoms with Crippen molar-refractivity contribution in [1.82, 2.24) is 9.80 Å². The van der Waals surface area contributed by atoms with Crippen molar-refractivity contribution in [3.63, 3.8) is 0 Å². The molecule has 4 atom stereocenters. The second kappa shape index (κ2) is 7.20. The van der Waals surface area contributed by atoms with Crippen LogP contribution in [-0.2, 0) is 4.74 Å². The van der Waals surface area contributed by atoms with E-state index in [0.717, 1.165) is 38.6 Å². The summed E-state index contributed by atoms with van der Waals surface area (Å²) in [6, 6.07) is 0. The zero-order valence-corrected chi connectivity index (χ0v) is 15.7. The van der Waals surface area contributed by atoms with Crippen molar-refractivity contribution in [2.45, 2.75) is 52.2 Å². The van der Waals surface area contributed by atoms with Gasteiger partial charge in [-0.3, -0.25) is 9.80 Å². The summed E-state index contributed by atoms with van der Waals surface area (Å²) in [5.74, 6) is 0.782. The van der Waals surface area contributed by atoms with Crippen molar-refractivity contribution in [1.29, 1.82) is 0 Å². The highest BCUT2D eigenvalue weighted by Gasteiger charge is 2.60. The Balaban J connectivity index is 1.42. The highest BCUT2D eigenvalue weighted by molar-refractivity contribution is 5.09. The Hall–Kier alpha value is -0.200. The van der Waals surface area contributed by atoms with E-state index >= 15 is 0 Å². The number of piperazine rings is 1. The fourth-order valence-corrected chi connectivity index (χ4v) is 5.57. The Kier molecular flexibility index (Phi) is 5.57. The van der Waals surface area contributed by atoms with Crippen LogP contribution in [0.3, 0.4) is 0 Å². The largest absolute Gasteiger partial charge is 0.395 e. The summed E-state index contributed by atoms with van der Waals surface area (Å²) in [5, 5.41) is 19.4. The van der Waals surface area contributed by atoms with Crippen LogP contribution in [0, 0.1) is 16.7 Å². The number of aliphatic hydroxyl groups excluding tert-OH is 2. The number of β-amino-alcohol motifs (C(OH)–C–C–N with tert-alkyl or cyclic N) is 2. The highest BCUT2D eigenvalue weighted by Crippen LogP contribution is 2.63. The summed E-state index contributed by atoms with van der Waals surface area (Å²) in [5.41, 5.74) is 0.548. The maximum absolute atomic E-state index is 10.4. The standard InChI is InChI=1S/C19H36N2O3/c1-18(2)15-4-5-19(3,12-15)17(18)24-14-16(23)13-21-8-6-20(7-9-21)10-11-22/h15-17,22-23H,4-14H2,1-3H3/t15-,16+,17+,19-/m0/s1. The van der Waals surface area contributed by atoms with Gasteiger partial charge < -0.3 is 14.9 Å². The molecule has 2 N–H and O–H groups in total. The van der Waals surface area contributed by atoms with Gasteiger partial charge in [-0.25, -0.2) is 0 Å². The first-order chi connectivity index (χ1) is 11.3. The molecule has 1 heterocycles. The molecule has 3 fully saturated rings. The average Bonchev–Trinajstić information content (AvgIpc) is 3.00. The molecule has 0 radical (unpaired) electrons.